The van der Waals surface area contributed by atoms with E-state index in [2.05, 4.69) is 33.9 Å². The fourth-order valence-electron chi connectivity index (χ4n) is 1.18. The van der Waals surface area contributed by atoms with Crippen LogP contribution in [0.15, 0.2) is 12.2 Å². The van der Waals surface area contributed by atoms with Crippen LogP contribution in [0.5, 0.6) is 0 Å². The van der Waals surface area contributed by atoms with Crippen LogP contribution in [0.1, 0.15) is 34.6 Å². The van der Waals surface area contributed by atoms with Gasteiger partial charge in [0.25, 0.3) is 0 Å². The minimum atomic E-state index is -1.98. The van der Waals surface area contributed by atoms with Crippen molar-refractivity contribution in [1.82, 2.24) is 0 Å². The lowest BCUT2D eigenvalue weighted by Crippen LogP contribution is -2.46. The van der Waals surface area contributed by atoms with E-state index in [0.29, 0.717) is 6.61 Å². The first kappa shape index (κ1) is 18.3. The number of hydrogen-bond donors (Lipinski definition) is 1. The summed E-state index contributed by atoms with van der Waals surface area (Å²) in [6.07, 6.45) is 1.77. The van der Waals surface area contributed by atoms with Crippen LogP contribution in [0.2, 0.25) is 18.1 Å². The second-order valence-corrected chi connectivity index (χ2v) is 11.0. The largest absolute Gasteiger partial charge is 0.463 e. The van der Waals surface area contributed by atoms with Gasteiger partial charge in [-0.2, -0.15) is 0 Å². The van der Waals surface area contributed by atoms with Crippen LogP contribution < -0.4 is 0 Å². The van der Waals surface area contributed by atoms with Crippen LogP contribution in [-0.2, 0) is 14.0 Å². The smallest absolute Gasteiger partial charge is 0.330 e. The molecule has 4 nitrogen and oxygen atoms in total. The summed E-state index contributed by atoms with van der Waals surface area (Å²) in [5, 5.41) is 9.83. The Bertz CT molecular complexity index is 316. The Morgan fingerprint density at radius 3 is 2.26 bits per heavy atom. The number of carbonyl (C=O) groups is 1. The summed E-state index contributed by atoms with van der Waals surface area (Å²) in [5.41, 5.74) is 0. The van der Waals surface area contributed by atoms with E-state index in [4.69, 9.17) is 9.16 Å². The minimum Gasteiger partial charge on any atom is -0.463 e. The second kappa shape index (κ2) is 7.22. The van der Waals surface area contributed by atoms with Crippen LogP contribution in [0.25, 0.3) is 0 Å². The number of aliphatic hydroxyl groups excluding tert-OH is 1. The van der Waals surface area contributed by atoms with E-state index >= 15 is 0 Å². The highest BCUT2D eigenvalue weighted by atomic mass is 28.4. The van der Waals surface area contributed by atoms with Crippen molar-refractivity contribution >= 4 is 14.3 Å². The van der Waals surface area contributed by atoms with Gasteiger partial charge in [0, 0.05) is 6.08 Å². The SMILES string of the molecule is CCOC(=O)/C=C/[C@@H](O[Si](C)(C)C(C)(C)C)[C@@H](C)O. The van der Waals surface area contributed by atoms with Crippen molar-refractivity contribution in [3.8, 4) is 0 Å². The van der Waals surface area contributed by atoms with Gasteiger partial charge in [-0.05, 0) is 38.1 Å². The number of carbonyl (C=O) groups excluding carboxylic acids is 1. The van der Waals surface area contributed by atoms with Crippen molar-refractivity contribution in [3.05, 3.63) is 12.2 Å². The molecule has 1 N–H and O–H groups in total. The molecule has 0 unspecified atom stereocenters. The van der Waals surface area contributed by atoms with Crippen molar-refractivity contribution in [2.45, 2.75) is 65.0 Å². The van der Waals surface area contributed by atoms with Gasteiger partial charge in [0.1, 0.15) is 0 Å². The summed E-state index contributed by atoms with van der Waals surface area (Å²) in [5.74, 6) is -0.410. The molecular weight excluding hydrogens is 260 g/mol. The zero-order valence-electron chi connectivity index (χ0n) is 13.2. The quantitative estimate of drug-likeness (QED) is 0.464. The first-order chi connectivity index (χ1) is 8.51. The molecule has 112 valence electrons. The van der Waals surface area contributed by atoms with Gasteiger partial charge in [-0.3, -0.25) is 0 Å². The molecule has 0 radical (unpaired) electrons. The van der Waals surface area contributed by atoms with Crippen molar-refractivity contribution in [1.29, 1.82) is 0 Å². The highest BCUT2D eigenvalue weighted by molar-refractivity contribution is 6.74. The van der Waals surface area contributed by atoms with Gasteiger partial charge in [-0.1, -0.05) is 20.8 Å². The molecule has 0 aromatic heterocycles. The molecule has 0 amide bonds. The average molecular weight is 288 g/mol. The number of ether oxygens (including phenoxy) is 1. The van der Waals surface area contributed by atoms with E-state index in [0.717, 1.165) is 0 Å². The first-order valence-corrected chi connectivity index (χ1v) is 9.63. The van der Waals surface area contributed by atoms with Crippen LogP contribution in [0, 0.1) is 0 Å². The molecule has 19 heavy (non-hydrogen) atoms. The summed E-state index contributed by atoms with van der Waals surface area (Å²) < 4.78 is 10.9. The number of esters is 1. The Morgan fingerprint density at radius 1 is 1.37 bits per heavy atom. The molecule has 0 rings (SSSR count). The molecule has 0 aliphatic carbocycles. The predicted octanol–water partition coefficient (Wildman–Crippen LogP) is 2.88. The molecule has 0 saturated heterocycles. The molecule has 0 saturated carbocycles. The Morgan fingerprint density at radius 2 is 1.89 bits per heavy atom. The summed E-state index contributed by atoms with van der Waals surface area (Å²) in [7, 11) is -1.98. The van der Waals surface area contributed by atoms with Crippen LogP contribution in [-0.4, -0.2) is 38.2 Å². The standard InChI is InChI=1S/C14H28O4Si/c1-8-17-13(16)10-9-12(11(2)15)18-19(6,7)14(3,4)5/h9-12,15H,8H2,1-7H3/b10-9+/t11-,12-/m1/s1. The van der Waals surface area contributed by atoms with Crippen LogP contribution >= 0.6 is 0 Å². The van der Waals surface area contributed by atoms with Gasteiger partial charge >= 0.3 is 5.97 Å². The Labute approximate surface area is 117 Å². The van der Waals surface area contributed by atoms with Crippen LogP contribution in [0.4, 0.5) is 0 Å². The third-order valence-electron chi connectivity index (χ3n) is 3.42. The van der Waals surface area contributed by atoms with E-state index in [1.165, 1.54) is 6.08 Å². The van der Waals surface area contributed by atoms with E-state index in [1.807, 2.05) is 0 Å². The topological polar surface area (TPSA) is 55.8 Å². The zero-order chi connectivity index (χ0) is 15.3. The summed E-state index contributed by atoms with van der Waals surface area (Å²) in [6.45, 7) is 14.4. The molecule has 2 atom stereocenters. The lowest BCUT2D eigenvalue weighted by molar-refractivity contribution is -0.137. The molecule has 5 heteroatoms. The van der Waals surface area contributed by atoms with Gasteiger partial charge in [0.05, 0.1) is 18.8 Å². The van der Waals surface area contributed by atoms with Crippen molar-refractivity contribution < 1.29 is 19.1 Å². The van der Waals surface area contributed by atoms with Crippen molar-refractivity contribution in [2.75, 3.05) is 6.61 Å². The van der Waals surface area contributed by atoms with E-state index < -0.39 is 26.5 Å². The van der Waals surface area contributed by atoms with Gasteiger partial charge in [-0.15, -0.1) is 0 Å². The van der Waals surface area contributed by atoms with Gasteiger partial charge in [0.2, 0.25) is 0 Å². The Hall–Kier alpha value is -0.653. The van der Waals surface area contributed by atoms with Crippen molar-refractivity contribution in [3.63, 3.8) is 0 Å². The minimum absolute atomic E-state index is 0.0535. The van der Waals surface area contributed by atoms with Crippen molar-refractivity contribution in [2.24, 2.45) is 0 Å². The monoisotopic (exact) mass is 288 g/mol. The normalized spacial score (nSPS) is 16.4. The average Bonchev–Trinajstić information content (AvgIpc) is 2.22. The molecule has 0 aromatic rings. The molecule has 0 fully saturated rings. The van der Waals surface area contributed by atoms with E-state index in [1.54, 1.807) is 19.9 Å². The summed E-state index contributed by atoms with van der Waals surface area (Å²) in [6, 6.07) is 0. The fourth-order valence-corrected chi connectivity index (χ4v) is 2.49. The maximum absolute atomic E-state index is 11.3. The predicted molar refractivity (Wildman–Crippen MR) is 79.5 cm³/mol. The van der Waals surface area contributed by atoms with Gasteiger partial charge < -0.3 is 14.3 Å². The zero-order valence-corrected chi connectivity index (χ0v) is 14.2. The molecule has 0 aliphatic rings. The third-order valence-corrected chi connectivity index (χ3v) is 7.89. The molecule has 0 heterocycles. The van der Waals surface area contributed by atoms with E-state index in [-0.39, 0.29) is 5.04 Å². The highest BCUT2D eigenvalue weighted by Gasteiger charge is 2.39. The highest BCUT2D eigenvalue weighted by Crippen LogP contribution is 2.37. The maximum atomic E-state index is 11.3. The second-order valence-electron chi connectivity index (χ2n) is 6.19. The lowest BCUT2D eigenvalue weighted by atomic mass is 10.2. The summed E-state index contributed by atoms with van der Waals surface area (Å²) >= 11 is 0. The Balaban J connectivity index is 4.82. The molecular formula is C14H28O4Si. The fraction of sp³-hybridized carbons (Fsp3) is 0.786. The number of hydrogen-bond acceptors (Lipinski definition) is 4. The lowest BCUT2D eigenvalue weighted by Gasteiger charge is -2.39. The molecule has 0 aliphatic heterocycles. The number of aliphatic hydroxyl groups is 1. The number of rotatable bonds is 6. The third kappa shape index (κ3) is 6.36. The van der Waals surface area contributed by atoms with Gasteiger partial charge in [0.15, 0.2) is 8.32 Å². The van der Waals surface area contributed by atoms with Crippen LogP contribution in [0.3, 0.4) is 0 Å². The van der Waals surface area contributed by atoms with Gasteiger partial charge in [-0.25, -0.2) is 4.79 Å². The molecule has 0 bridgehead atoms. The molecule has 0 spiro atoms. The van der Waals surface area contributed by atoms with E-state index in [9.17, 15) is 9.90 Å². The first-order valence-electron chi connectivity index (χ1n) is 6.72. The molecule has 0 aromatic carbocycles. The maximum Gasteiger partial charge on any atom is 0.330 e. The Kier molecular flexibility index (Phi) is 6.97. The summed E-state index contributed by atoms with van der Waals surface area (Å²) in [4.78, 5) is 11.3.